The van der Waals surface area contributed by atoms with Crippen LogP contribution in [0, 0.1) is 6.92 Å². The molecular weight excluding hydrogens is 286 g/mol. The molecule has 0 fully saturated rings. The molecule has 0 amide bonds. The first-order valence-corrected chi connectivity index (χ1v) is 7.08. The molecule has 6 heteroatoms. The lowest BCUT2D eigenvalue weighted by Crippen LogP contribution is -2.15. The normalized spacial score (nSPS) is 12.8. The zero-order valence-electron chi connectivity index (χ0n) is 11.9. The Bertz CT molecular complexity index is 796. The molecule has 0 aliphatic carbocycles. The van der Waals surface area contributed by atoms with E-state index in [1.54, 1.807) is 17.1 Å². The molecule has 0 spiro atoms. The Balaban J connectivity index is 1.91. The predicted molar refractivity (Wildman–Crippen MR) is 83.1 cm³/mol. The third-order valence-electron chi connectivity index (χ3n) is 3.60. The van der Waals surface area contributed by atoms with Crippen molar-refractivity contribution in [2.75, 3.05) is 0 Å². The van der Waals surface area contributed by atoms with Crippen LogP contribution in [-0.4, -0.2) is 19.7 Å². The Morgan fingerprint density at radius 1 is 1.24 bits per heavy atom. The maximum Gasteiger partial charge on any atom is 0.0890 e. The highest BCUT2D eigenvalue weighted by Gasteiger charge is 2.16. The van der Waals surface area contributed by atoms with Crippen molar-refractivity contribution in [2.24, 2.45) is 12.8 Å². The van der Waals surface area contributed by atoms with Crippen molar-refractivity contribution >= 4 is 22.6 Å². The van der Waals surface area contributed by atoms with Gasteiger partial charge in [-0.05, 0) is 24.6 Å². The van der Waals surface area contributed by atoms with Crippen LogP contribution in [0.1, 0.15) is 23.0 Å². The first kappa shape index (κ1) is 14.0. The number of benzene rings is 1. The summed E-state index contributed by atoms with van der Waals surface area (Å²) < 4.78 is 1.79. The number of aryl methyl sites for hydroxylation is 2. The number of hydrogen-bond acceptors (Lipinski definition) is 4. The molecule has 2 aromatic heterocycles. The van der Waals surface area contributed by atoms with E-state index >= 15 is 0 Å². The van der Waals surface area contributed by atoms with E-state index in [2.05, 4.69) is 15.1 Å². The highest BCUT2D eigenvalue weighted by Crippen LogP contribution is 2.25. The molecule has 2 heterocycles. The maximum atomic E-state index is 6.32. The number of aromatic nitrogens is 4. The second-order valence-electron chi connectivity index (χ2n) is 5.08. The van der Waals surface area contributed by atoms with Crippen molar-refractivity contribution in [3.05, 3.63) is 52.6 Å². The molecule has 0 aliphatic heterocycles. The summed E-state index contributed by atoms with van der Waals surface area (Å²) in [7, 11) is 1.88. The van der Waals surface area contributed by atoms with Crippen molar-refractivity contribution in [1.82, 2.24) is 19.7 Å². The Labute approximate surface area is 127 Å². The Kier molecular flexibility index (Phi) is 3.61. The number of fused-ring (bicyclic) bond motifs is 1. The van der Waals surface area contributed by atoms with Gasteiger partial charge in [0.15, 0.2) is 0 Å². The largest absolute Gasteiger partial charge is 0.324 e. The molecule has 2 N–H and O–H groups in total. The van der Waals surface area contributed by atoms with Gasteiger partial charge in [-0.25, -0.2) is 0 Å². The zero-order chi connectivity index (χ0) is 15.0. The summed E-state index contributed by atoms with van der Waals surface area (Å²) in [6, 6.07) is 5.74. The van der Waals surface area contributed by atoms with Crippen LogP contribution in [0.25, 0.3) is 11.0 Å². The van der Waals surface area contributed by atoms with E-state index in [4.69, 9.17) is 17.3 Å². The van der Waals surface area contributed by atoms with Crippen LogP contribution in [0.2, 0.25) is 5.02 Å². The summed E-state index contributed by atoms with van der Waals surface area (Å²) in [5.74, 6) is 0. The molecule has 21 heavy (non-hydrogen) atoms. The summed E-state index contributed by atoms with van der Waals surface area (Å²) in [4.78, 5) is 8.57. The maximum absolute atomic E-state index is 6.32. The van der Waals surface area contributed by atoms with Gasteiger partial charge in [-0.1, -0.05) is 17.7 Å². The average Bonchev–Trinajstić information content (AvgIpc) is 2.73. The Morgan fingerprint density at radius 3 is 2.62 bits per heavy atom. The van der Waals surface area contributed by atoms with Gasteiger partial charge in [-0.2, -0.15) is 5.10 Å². The first-order chi connectivity index (χ1) is 10.1. The molecule has 1 atom stereocenters. The van der Waals surface area contributed by atoms with Crippen LogP contribution in [0.5, 0.6) is 0 Å². The molecule has 3 aromatic rings. The summed E-state index contributed by atoms with van der Waals surface area (Å²) in [6.45, 7) is 1.89. The number of rotatable bonds is 3. The third kappa shape index (κ3) is 2.62. The molecule has 0 aliphatic rings. The van der Waals surface area contributed by atoms with E-state index < -0.39 is 0 Å². The molecule has 0 radical (unpaired) electrons. The monoisotopic (exact) mass is 301 g/mol. The topological polar surface area (TPSA) is 69.6 Å². The van der Waals surface area contributed by atoms with Gasteiger partial charge in [-0.3, -0.25) is 14.6 Å². The minimum Gasteiger partial charge on any atom is -0.324 e. The van der Waals surface area contributed by atoms with Gasteiger partial charge in [0.1, 0.15) is 0 Å². The van der Waals surface area contributed by atoms with Crippen molar-refractivity contribution in [3.63, 3.8) is 0 Å². The molecule has 1 aromatic carbocycles. The van der Waals surface area contributed by atoms with Crippen molar-refractivity contribution < 1.29 is 0 Å². The number of halogens is 1. The van der Waals surface area contributed by atoms with E-state index in [0.29, 0.717) is 11.4 Å². The van der Waals surface area contributed by atoms with Crippen LogP contribution < -0.4 is 5.73 Å². The minimum absolute atomic E-state index is 0.163. The molecule has 5 nitrogen and oxygen atoms in total. The van der Waals surface area contributed by atoms with Gasteiger partial charge in [-0.15, -0.1) is 0 Å². The molecule has 0 saturated carbocycles. The standard InChI is InChI=1S/C15H16ClN5/c1-9-15(16)14(21(2)20-9)8-11(17)10-3-4-12-13(7-10)19-6-5-18-12/h3-7,11H,8,17H2,1-2H3. The van der Waals surface area contributed by atoms with E-state index in [9.17, 15) is 0 Å². The van der Waals surface area contributed by atoms with E-state index in [1.165, 1.54) is 0 Å². The van der Waals surface area contributed by atoms with Gasteiger partial charge in [0.25, 0.3) is 0 Å². The lowest BCUT2D eigenvalue weighted by molar-refractivity contribution is 0.640. The van der Waals surface area contributed by atoms with Gasteiger partial charge in [0.2, 0.25) is 0 Å². The number of nitrogens with zero attached hydrogens (tertiary/aromatic N) is 4. The second kappa shape index (κ2) is 5.42. The molecular formula is C15H16ClN5. The summed E-state index contributed by atoms with van der Waals surface area (Å²) in [5, 5.41) is 5.00. The van der Waals surface area contributed by atoms with Gasteiger partial charge >= 0.3 is 0 Å². The lowest BCUT2D eigenvalue weighted by Gasteiger charge is -2.13. The van der Waals surface area contributed by atoms with Gasteiger partial charge < -0.3 is 5.73 Å². The van der Waals surface area contributed by atoms with Crippen LogP contribution >= 0.6 is 11.6 Å². The molecule has 1 unspecified atom stereocenters. The van der Waals surface area contributed by atoms with Crippen molar-refractivity contribution in [3.8, 4) is 0 Å². The molecule has 3 rings (SSSR count). The first-order valence-electron chi connectivity index (χ1n) is 6.70. The summed E-state index contributed by atoms with van der Waals surface area (Å²) in [6.07, 6.45) is 3.99. The number of hydrogen-bond donors (Lipinski definition) is 1. The molecule has 0 bridgehead atoms. The molecule has 108 valence electrons. The second-order valence-corrected chi connectivity index (χ2v) is 5.46. The summed E-state index contributed by atoms with van der Waals surface area (Å²) in [5.41, 5.74) is 10.8. The predicted octanol–water partition coefficient (Wildman–Crippen LogP) is 2.57. The van der Waals surface area contributed by atoms with Crippen LogP contribution in [0.15, 0.2) is 30.6 Å². The fourth-order valence-corrected chi connectivity index (χ4v) is 2.68. The lowest BCUT2D eigenvalue weighted by atomic mass is 10.0. The summed E-state index contributed by atoms with van der Waals surface area (Å²) >= 11 is 6.28. The fraction of sp³-hybridized carbons (Fsp3) is 0.267. The smallest absolute Gasteiger partial charge is 0.0890 e. The van der Waals surface area contributed by atoms with Crippen molar-refractivity contribution in [1.29, 1.82) is 0 Å². The SMILES string of the molecule is Cc1nn(C)c(CC(N)c2ccc3nccnc3c2)c1Cl. The Morgan fingerprint density at radius 2 is 1.95 bits per heavy atom. The quantitative estimate of drug-likeness (QED) is 0.807. The average molecular weight is 302 g/mol. The van der Waals surface area contributed by atoms with Crippen LogP contribution in [-0.2, 0) is 13.5 Å². The Hall–Kier alpha value is -1.98. The minimum atomic E-state index is -0.163. The van der Waals surface area contributed by atoms with E-state index in [1.807, 2.05) is 32.2 Å². The van der Waals surface area contributed by atoms with Crippen LogP contribution in [0.4, 0.5) is 0 Å². The number of nitrogens with two attached hydrogens (primary N) is 1. The van der Waals surface area contributed by atoms with E-state index in [0.717, 1.165) is 28.0 Å². The van der Waals surface area contributed by atoms with Gasteiger partial charge in [0, 0.05) is 31.9 Å². The van der Waals surface area contributed by atoms with Crippen molar-refractivity contribution in [2.45, 2.75) is 19.4 Å². The highest BCUT2D eigenvalue weighted by atomic mass is 35.5. The van der Waals surface area contributed by atoms with E-state index in [-0.39, 0.29) is 6.04 Å². The highest BCUT2D eigenvalue weighted by molar-refractivity contribution is 6.31. The van der Waals surface area contributed by atoms with Crippen LogP contribution in [0.3, 0.4) is 0 Å². The van der Waals surface area contributed by atoms with Gasteiger partial charge in [0.05, 0.1) is 27.4 Å². The fourth-order valence-electron chi connectivity index (χ4n) is 2.44. The molecule has 0 saturated heterocycles. The zero-order valence-corrected chi connectivity index (χ0v) is 12.7. The third-order valence-corrected chi connectivity index (χ3v) is 4.09.